The fourth-order valence-electron chi connectivity index (χ4n) is 1.81. The van der Waals surface area contributed by atoms with Crippen LogP contribution in [0.2, 0.25) is 0 Å². The first kappa shape index (κ1) is 13.0. The number of halogens is 1. The van der Waals surface area contributed by atoms with Crippen molar-refractivity contribution in [1.82, 2.24) is 20.4 Å². The van der Waals surface area contributed by atoms with Crippen LogP contribution >= 0.6 is 12.4 Å². The van der Waals surface area contributed by atoms with Crippen molar-refractivity contribution in [2.45, 2.75) is 19.9 Å². The number of rotatable bonds is 1. The van der Waals surface area contributed by atoms with Crippen molar-refractivity contribution < 1.29 is 4.79 Å². The number of aromatic nitrogens is 2. The summed E-state index contributed by atoms with van der Waals surface area (Å²) in [4.78, 5) is 13.8. The molecule has 1 saturated heterocycles. The van der Waals surface area contributed by atoms with Crippen LogP contribution in [0.5, 0.6) is 0 Å². The summed E-state index contributed by atoms with van der Waals surface area (Å²) in [6, 6.07) is 2.15. The molecule has 6 heteroatoms. The van der Waals surface area contributed by atoms with E-state index < -0.39 is 0 Å². The molecule has 1 fully saturated rings. The third-order valence-corrected chi connectivity index (χ3v) is 2.58. The van der Waals surface area contributed by atoms with Crippen LogP contribution in [0.15, 0.2) is 6.07 Å². The standard InChI is InChI=1S/C10H16N4O.ClH/c1-7-5-9(13-12-7)10(15)14-4-3-11-8(2)6-14;/h5,8,11H,3-4,6H2,1-2H3,(H,12,13);1H. The Kier molecular flexibility index (Phi) is 4.32. The van der Waals surface area contributed by atoms with Gasteiger partial charge in [0.25, 0.3) is 5.91 Å². The number of aryl methyl sites for hydroxylation is 1. The number of hydrogen-bond donors (Lipinski definition) is 2. The lowest BCUT2D eigenvalue weighted by Crippen LogP contribution is -2.51. The number of carbonyl (C=O) groups excluding carboxylic acids is 1. The molecule has 0 aromatic carbocycles. The molecule has 0 aliphatic carbocycles. The molecule has 1 aromatic rings. The summed E-state index contributed by atoms with van der Waals surface area (Å²) in [6.07, 6.45) is 0. The van der Waals surface area contributed by atoms with Crippen molar-refractivity contribution in [1.29, 1.82) is 0 Å². The first-order chi connectivity index (χ1) is 7.16. The fraction of sp³-hybridized carbons (Fsp3) is 0.600. The van der Waals surface area contributed by atoms with E-state index in [0.29, 0.717) is 11.7 Å². The first-order valence-corrected chi connectivity index (χ1v) is 5.21. The highest BCUT2D eigenvalue weighted by atomic mass is 35.5. The molecule has 16 heavy (non-hydrogen) atoms. The first-order valence-electron chi connectivity index (χ1n) is 5.21. The lowest BCUT2D eigenvalue weighted by atomic mass is 10.2. The molecule has 2 heterocycles. The van der Waals surface area contributed by atoms with E-state index in [2.05, 4.69) is 22.4 Å². The van der Waals surface area contributed by atoms with Gasteiger partial charge in [0.1, 0.15) is 5.69 Å². The van der Waals surface area contributed by atoms with Gasteiger partial charge in [-0.2, -0.15) is 5.10 Å². The summed E-state index contributed by atoms with van der Waals surface area (Å²) >= 11 is 0. The van der Waals surface area contributed by atoms with Gasteiger partial charge in [0.15, 0.2) is 0 Å². The van der Waals surface area contributed by atoms with Crippen molar-refractivity contribution in [3.05, 3.63) is 17.5 Å². The Morgan fingerprint density at radius 1 is 1.62 bits per heavy atom. The molecule has 2 rings (SSSR count). The molecular formula is C10H17ClN4O. The molecule has 1 aliphatic heterocycles. The van der Waals surface area contributed by atoms with Crippen molar-refractivity contribution in [3.63, 3.8) is 0 Å². The Hall–Kier alpha value is -1.07. The normalized spacial score (nSPS) is 20.4. The minimum Gasteiger partial charge on any atom is -0.334 e. The van der Waals surface area contributed by atoms with Gasteiger partial charge in [-0.25, -0.2) is 0 Å². The van der Waals surface area contributed by atoms with Crippen LogP contribution in [-0.4, -0.2) is 46.7 Å². The van der Waals surface area contributed by atoms with Crippen LogP contribution in [0, 0.1) is 6.92 Å². The van der Waals surface area contributed by atoms with E-state index in [0.717, 1.165) is 25.3 Å². The predicted molar refractivity (Wildman–Crippen MR) is 63.9 cm³/mol. The van der Waals surface area contributed by atoms with Gasteiger partial charge >= 0.3 is 0 Å². The Balaban J connectivity index is 0.00000128. The van der Waals surface area contributed by atoms with E-state index in [4.69, 9.17) is 0 Å². The SMILES string of the molecule is Cc1cc(C(=O)N2CCNC(C)C2)n[nH]1.Cl. The summed E-state index contributed by atoms with van der Waals surface area (Å²) in [7, 11) is 0. The second kappa shape index (κ2) is 5.32. The Morgan fingerprint density at radius 3 is 2.94 bits per heavy atom. The van der Waals surface area contributed by atoms with Gasteiger partial charge in [-0.1, -0.05) is 0 Å². The average Bonchev–Trinajstić information content (AvgIpc) is 2.64. The molecule has 0 bridgehead atoms. The van der Waals surface area contributed by atoms with Gasteiger partial charge in [-0.15, -0.1) is 12.4 Å². The van der Waals surface area contributed by atoms with Crippen LogP contribution < -0.4 is 5.32 Å². The summed E-state index contributed by atoms with van der Waals surface area (Å²) in [6.45, 7) is 6.34. The zero-order valence-corrected chi connectivity index (χ0v) is 10.3. The molecule has 0 radical (unpaired) electrons. The number of amides is 1. The molecule has 1 aromatic heterocycles. The molecule has 1 aliphatic rings. The fourth-order valence-corrected chi connectivity index (χ4v) is 1.81. The van der Waals surface area contributed by atoms with Crippen molar-refractivity contribution in [2.24, 2.45) is 0 Å². The number of carbonyl (C=O) groups is 1. The minimum atomic E-state index is 0. The highest BCUT2D eigenvalue weighted by Gasteiger charge is 2.22. The maximum absolute atomic E-state index is 12.0. The highest BCUT2D eigenvalue weighted by molar-refractivity contribution is 5.92. The Morgan fingerprint density at radius 2 is 2.38 bits per heavy atom. The zero-order chi connectivity index (χ0) is 10.8. The van der Waals surface area contributed by atoms with Crippen LogP contribution in [0.25, 0.3) is 0 Å². The van der Waals surface area contributed by atoms with E-state index in [-0.39, 0.29) is 18.3 Å². The molecule has 1 atom stereocenters. The number of hydrogen-bond acceptors (Lipinski definition) is 3. The highest BCUT2D eigenvalue weighted by Crippen LogP contribution is 2.06. The molecule has 1 amide bonds. The van der Waals surface area contributed by atoms with Crippen LogP contribution in [0.4, 0.5) is 0 Å². The monoisotopic (exact) mass is 244 g/mol. The average molecular weight is 245 g/mol. The summed E-state index contributed by atoms with van der Waals surface area (Å²) in [5.74, 6) is 0.0210. The van der Waals surface area contributed by atoms with E-state index in [1.807, 2.05) is 11.8 Å². The molecule has 2 N–H and O–H groups in total. The van der Waals surface area contributed by atoms with Gasteiger partial charge in [-0.05, 0) is 19.9 Å². The number of nitrogens with one attached hydrogen (secondary N) is 2. The maximum atomic E-state index is 12.0. The van der Waals surface area contributed by atoms with Gasteiger partial charge in [0.05, 0.1) is 0 Å². The van der Waals surface area contributed by atoms with Crippen LogP contribution in [0.1, 0.15) is 23.1 Å². The molecule has 0 spiro atoms. The molecule has 0 saturated carbocycles. The maximum Gasteiger partial charge on any atom is 0.274 e. The summed E-state index contributed by atoms with van der Waals surface area (Å²) in [5.41, 5.74) is 1.43. The summed E-state index contributed by atoms with van der Waals surface area (Å²) in [5, 5.41) is 10.1. The van der Waals surface area contributed by atoms with Crippen molar-refractivity contribution >= 4 is 18.3 Å². The number of piperazine rings is 1. The second-order valence-electron chi connectivity index (χ2n) is 4.04. The summed E-state index contributed by atoms with van der Waals surface area (Å²) < 4.78 is 0. The Bertz CT molecular complexity index is 365. The van der Waals surface area contributed by atoms with Gasteiger partial charge in [0.2, 0.25) is 0 Å². The minimum absolute atomic E-state index is 0. The van der Waals surface area contributed by atoms with Crippen LogP contribution in [0.3, 0.4) is 0 Å². The van der Waals surface area contributed by atoms with E-state index in [1.165, 1.54) is 0 Å². The quantitative estimate of drug-likeness (QED) is 0.760. The third kappa shape index (κ3) is 2.74. The topological polar surface area (TPSA) is 61.0 Å². The molecule has 1 unspecified atom stereocenters. The van der Waals surface area contributed by atoms with Crippen molar-refractivity contribution in [2.75, 3.05) is 19.6 Å². The van der Waals surface area contributed by atoms with Gasteiger partial charge in [-0.3, -0.25) is 9.89 Å². The van der Waals surface area contributed by atoms with Crippen LogP contribution in [-0.2, 0) is 0 Å². The predicted octanol–water partition coefficient (Wildman–Crippen LogP) is 0.574. The Labute approximate surface area is 101 Å². The lowest BCUT2D eigenvalue weighted by molar-refractivity contribution is 0.0703. The van der Waals surface area contributed by atoms with E-state index in [9.17, 15) is 4.79 Å². The smallest absolute Gasteiger partial charge is 0.274 e. The molecular weight excluding hydrogens is 228 g/mol. The third-order valence-electron chi connectivity index (χ3n) is 2.58. The molecule has 90 valence electrons. The number of H-pyrrole nitrogens is 1. The van der Waals surface area contributed by atoms with E-state index in [1.54, 1.807) is 6.07 Å². The zero-order valence-electron chi connectivity index (χ0n) is 9.49. The number of aromatic amines is 1. The molecule has 5 nitrogen and oxygen atoms in total. The van der Waals surface area contributed by atoms with E-state index >= 15 is 0 Å². The second-order valence-corrected chi connectivity index (χ2v) is 4.04. The van der Waals surface area contributed by atoms with Gasteiger partial charge < -0.3 is 10.2 Å². The van der Waals surface area contributed by atoms with Gasteiger partial charge in [0, 0.05) is 31.4 Å². The largest absolute Gasteiger partial charge is 0.334 e. The number of nitrogens with zero attached hydrogens (tertiary/aromatic N) is 2. The van der Waals surface area contributed by atoms with Crippen molar-refractivity contribution in [3.8, 4) is 0 Å². The lowest BCUT2D eigenvalue weighted by Gasteiger charge is -2.31.